The lowest BCUT2D eigenvalue weighted by molar-refractivity contribution is 0.141. The number of thiocarbonyl (C=S) groups is 1. The van der Waals surface area contributed by atoms with E-state index in [0.717, 1.165) is 22.6 Å². The Balaban J connectivity index is 1.71. The van der Waals surface area contributed by atoms with Crippen LogP contribution in [-0.2, 0) is 6.54 Å². The molecule has 0 aromatic heterocycles. The molecule has 0 amide bonds. The molecule has 2 N–H and O–H groups in total. The maximum Gasteiger partial charge on any atom is 0.166 e. The Morgan fingerprint density at radius 1 is 1.17 bits per heavy atom. The third-order valence-corrected chi connectivity index (χ3v) is 5.96. The van der Waals surface area contributed by atoms with Crippen LogP contribution in [0.3, 0.4) is 0 Å². The zero-order valence-electron chi connectivity index (χ0n) is 14.5. The first-order valence-corrected chi connectivity index (χ1v) is 9.48. The van der Waals surface area contributed by atoms with Crippen molar-refractivity contribution in [2.45, 2.75) is 65.5 Å². The Morgan fingerprint density at radius 3 is 2.35 bits per heavy atom. The zero-order chi connectivity index (χ0) is 16.9. The summed E-state index contributed by atoms with van der Waals surface area (Å²) in [5, 5.41) is 8.31. The predicted molar refractivity (Wildman–Crippen MR) is 104 cm³/mol. The summed E-state index contributed by atoms with van der Waals surface area (Å²) >= 11 is 11.3. The minimum atomic E-state index is 0.471. The van der Waals surface area contributed by atoms with E-state index in [1.807, 2.05) is 24.3 Å². The molecule has 1 aliphatic carbocycles. The highest BCUT2D eigenvalue weighted by atomic mass is 35.5. The van der Waals surface area contributed by atoms with Crippen LogP contribution in [0.2, 0.25) is 5.02 Å². The van der Waals surface area contributed by atoms with E-state index in [4.69, 9.17) is 23.8 Å². The van der Waals surface area contributed by atoms with Crippen LogP contribution in [0.1, 0.15) is 58.4 Å². The van der Waals surface area contributed by atoms with Crippen LogP contribution >= 0.6 is 23.8 Å². The van der Waals surface area contributed by atoms with Crippen LogP contribution in [0.4, 0.5) is 0 Å². The SMILES string of the molecule is CCC(C)(C)C1CCC(NC(=S)NCc2ccc(Cl)cc2)CC1. The Kier molecular flexibility index (Phi) is 6.72. The first-order valence-electron chi connectivity index (χ1n) is 8.69. The van der Waals surface area contributed by atoms with Crippen molar-refractivity contribution in [3.8, 4) is 0 Å². The summed E-state index contributed by atoms with van der Waals surface area (Å²) in [6.45, 7) is 7.86. The topological polar surface area (TPSA) is 24.1 Å². The average molecular weight is 353 g/mol. The fourth-order valence-corrected chi connectivity index (χ4v) is 3.69. The van der Waals surface area contributed by atoms with Crippen molar-refractivity contribution in [1.29, 1.82) is 0 Å². The molecule has 0 heterocycles. The van der Waals surface area contributed by atoms with Gasteiger partial charge in [0, 0.05) is 17.6 Å². The molecule has 0 saturated heterocycles. The number of hydrogen-bond acceptors (Lipinski definition) is 1. The summed E-state index contributed by atoms with van der Waals surface area (Å²) in [6.07, 6.45) is 6.31. The van der Waals surface area contributed by atoms with Crippen molar-refractivity contribution in [3.63, 3.8) is 0 Å². The molecular formula is C19H29ClN2S. The van der Waals surface area contributed by atoms with Gasteiger partial charge in [-0.2, -0.15) is 0 Å². The van der Waals surface area contributed by atoms with Gasteiger partial charge in [-0.15, -0.1) is 0 Å². The summed E-state index contributed by atoms with van der Waals surface area (Å²) < 4.78 is 0. The zero-order valence-corrected chi connectivity index (χ0v) is 16.1. The van der Waals surface area contributed by atoms with Gasteiger partial charge in [0.1, 0.15) is 0 Å². The number of nitrogens with one attached hydrogen (secondary N) is 2. The van der Waals surface area contributed by atoms with Crippen molar-refractivity contribution in [2.75, 3.05) is 0 Å². The monoisotopic (exact) mass is 352 g/mol. The van der Waals surface area contributed by atoms with Crippen LogP contribution in [0.15, 0.2) is 24.3 Å². The fraction of sp³-hybridized carbons (Fsp3) is 0.632. The van der Waals surface area contributed by atoms with E-state index < -0.39 is 0 Å². The Morgan fingerprint density at radius 2 is 1.78 bits per heavy atom. The molecule has 1 aliphatic rings. The maximum absolute atomic E-state index is 5.90. The molecule has 0 radical (unpaired) electrons. The van der Waals surface area contributed by atoms with Crippen LogP contribution in [0.25, 0.3) is 0 Å². The second-order valence-electron chi connectivity index (χ2n) is 7.34. The van der Waals surface area contributed by atoms with Gasteiger partial charge in [-0.1, -0.05) is 50.9 Å². The molecular weight excluding hydrogens is 324 g/mol. The Bertz CT molecular complexity index is 505. The molecule has 23 heavy (non-hydrogen) atoms. The minimum absolute atomic E-state index is 0.471. The highest BCUT2D eigenvalue weighted by Gasteiger charge is 2.31. The van der Waals surface area contributed by atoms with E-state index in [1.54, 1.807) is 0 Å². The lowest BCUT2D eigenvalue weighted by Crippen LogP contribution is -2.44. The van der Waals surface area contributed by atoms with Gasteiger partial charge in [-0.05, 0) is 66.9 Å². The smallest absolute Gasteiger partial charge is 0.166 e. The number of rotatable bonds is 5. The molecule has 128 valence electrons. The Hall–Kier alpha value is -0.800. The molecule has 0 spiro atoms. The Labute approximate surface area is 151 Å². The van der Waals surface area contributed by atoms with E-state index in [0.29, 0.717) is 11.5 Å². The predicted octanol–water partition coefficient (Wildman–Crippen LogP) is 5.30. The molecule has 0 aliphatic heterocycles. The van der Waals surface area contributed by atoms with Crippen molar-refractivity contribution in [3.05, 3.63) is 34.9 Å². The second-order valence-corrected chi connectivity index (χ2v) is 8.19. The second kappa shape index (κ2) is 8.34. The molecule has 2 nitrogen and oxygen atoms in total. The van der Waals surface area contributed by atoms with Crippen molar-refractivity contribution >= 4 is 28.9 Å². The first-order chi connectivity index (χ1) is 10.9. The summed E-state index contributed by atoms with van der Waals surface area (Å²) in [5.41, 5.74) is 1.66. The molecule has 0 bridgehead atoms. The minimum Gasteiger partial charge on any atom is -0.360 e. The van der Waals surface area contributed by atoms with Crippen LogP contribution in [-0.4, -0.2) is 11.2 Å². The largest absolute Gasteiger partial charge is 0.360 e. The lowest BCUT2D eigenvalue weighted by atomic mass is 9.69. The average Bonchev–Trinajstić information content (AvgIpc) is 2.55. The van der Waals surface area contributed by atoms with Crippen LogP contribution < -0.4 is 10.6 Å². The van der Waals surface area contributed by atoms with E-state index in [9.17, 15) is 0 Å². The maximum atomic E-state index is 5.90. The molecule has 1 aromatic rings. The van der Waals surface area contributed by atoms with Gasteiger partial charge >= 0.3 is 0 Å². The normalized spacial score (nSPS) is 21.7. The molecule has 4 heteroatoms. The summed E-state index contributed by atoms with van der Waals surface area (Å²) in [5.74, 6) is 0.848. The molecule has 0 atom stereocenters. The van der Waals surface area contributed by atoms with Crippen LogP contribution in [0, 0.1) is 11.3 Å². The number of benzene rings is 1. The third kappa shape index (κ3) is 5.65. The van der Waals surface area contributed by atoms with Crippen molar-refractivity contribution < 1.29 is 0 Å². The highest BCUT2D eigenvalue weighted by molar-refractivity contribution is 7.80. The fourth-order valence-electron chi connectivity index (χ4n) is 3.33. The first kappa shape index (κ1) is 18.5. The molecule has 1 saturated carbocycles. The molecule has 2 rings (SSSR count). The number of halogens is 1. The van der Waals surface area contributed by atoms with Gasteiger partial charge in [0.05, 0.1) is 0 Å². The summed E-state index contributed by atoms with van der Waals surface area (Å²) in [7, 11) is 0. The quantitative estimate of drug-likeness (QED) is 0.703. The van der Waals surface area contributed by atoms with E-state index in [2.05, 4.69) is 31.4 Å². The van der Waals surface area contributed by atoms with Crippen molar-refractivity contribution in [1.82, 2.24) is 10.6 Å². The summed E-state index contributed by atoms with van der Waals surface area (Å²) in [6, 6.07) is 8.38. The van der Waals surface area contributed by atoms with E-state index >= 15 is 0 Å². The van der Waals surface area contributed by atoms with Crippen molar-refractivity contribution in [2.24, 2.45) is 11.3 Å². The van der Waals surface area contributed by atoms with Gasteiger partial charge in [-0.3, -0.25) is 0 Å². The summed E-state index contributed by atoms with van der Waals surface area (Å²) in [4.78, 5) is 0. The number of hydrogen-bond donors (Lipinski definition) is 2. The molecule has 0 unspecified atom stereocenters. The highest BCUT2D eigenvalue weighted by Crippen LogP contribution is 2.40. The lowest BCUT2D eigenvalue weighted by Gasteiger charge is -2.39. The van der Waals surface area contributed by atoms with E-state index in [1.165, 1.54) is 37.7 Å². The van der Waals surface area contributed by atoms with E-state index in [-0.39, 0.29) is 0 Å². The molecule has 1 aromatic carbocycles. The molecule has 1 fully saturated rings. The van der Waals surface area contributed by atoms with Gasteiger partial charge in [0.2, 0.25) is 0 Å². The standard InChI is InChI=1S/C19H29ClN2S/c1-4-19(2,3)15-7-11-17(12-8-15)22-18(23)21-13-14-5-9-16(20)10-6-14/h5-6,9-10,15,17H,4,7-8,11-13H2,1-3H3,(H2,21,22,23). The van der Waals surface area contributed by atoms with Crippen LogP contribution in [0.5, 0.6) is 0 Å². The van der Waals surface area contributed by atoms with Gasteiger partial charge < -0.3 is 10.6 Å². The van der Waals surface area contributed by atoms with Gasteiger partial charge in [0.15, 0.2) is 5.11 Å². The third-order valence-electron chi connectivity index (χ3n) is 5.45. The van der Waals surface area contributed by atoms with Gasteiger partial charge in [0.25, 0.3) is 0 Å². The van der Waals surface area contributed by atoms with Gasteiger partial charge in [-0.25, -0.2) is 0 Å².